The van der Waals surface area contributed by atoms with Crippen molar-refractivity contribution >= 4 is 17.4 Å². The minimum atomic E-state index is -0.373. The third-order valence-corrected chi connectivity index (χ3v) is 4.05. The Kier molecular flexibility index (Phi) is 6.15. The van der Waals surface area contributed by atoms with Gasteiger partial charge in [0.15, 0.2) is 0 Å². The van der Waals surface area contributed by atoms with Crippen LogP contribution < -0.4 is 5.32 Å². The molecule has 1 aromatic carbocycles. The second-order valence-electron chi connectivity index (χ2n) is 4.36. The molecule has 0 fully saturated rings. The van der Waals surface area contributed by atoms with Crippen LogP contribution in [-0.4, -0.2) is 23.0 Å². The molecule has 0 saturated heterocycles. The van der Waals surface area contributed by atoms with E-state index >= 15 is 0 Å². The van der Waals surface area contributed by atoms with Gasteiger partial charge in [0.25, 0.3) is 5.69 Å². The highest BCUT2D eigenvalue weighted by atomic mass is 32.2. The second kappa shape index (κ2) is 7.38. The maximum absolute atomic E-state index is 10.5. The Labute approximate surface area is 112 Å². The van der Waals surface area contributed by atoms with Crippen LogP contribution >= 0.6 is 11.8 Å². The average molecular weight is 268 g/mol. The summed E-state index contributed by atoms with van der Waals surface area (Å²) in [5.41, 5.74) is 1.22. The maximum atomic E-state index is 10.5. The third-order valence-electron chi connectivity index (χ3n) is 3.01. The average Bonchev–Trinajstić information content (AvgIpc) is 2.38. The Morgan fingerprint density at radius 1 is 1.33 bits per heavy atom. The van der Waals surface area contributed by atoms with Crippen LogP contribution in [0.3, 0.4) is 0 Å². The summed E-state index contributed by atoms with van der Waals surface area (Å²) in [6.45, 7) is 5.24. The molecule has 0 aliphatic heterocycles. The van der Waals surface area contributed by atoms with Crippen LogP contribution in [0.2, 0.25) is 0 Å². The predicted octanol–water partition coefficient (Wildman–Crippen LogP) is 3.39. The van der Waals surface area contributed by atoms with Crippen LogP contribution in [0.5, 0.6) is 0 Å². The van der Waals surface area contributed by atoms with Crippen LogP contribution in [0.1, 0.15) is 31.9 Å². The number of nitrogens with zero attached hydrogens (tertiary/aromatic N) is 1. The molecule has 4 nitrogen and oxygen atoms in total. The molecule has 0 aromatic heterocycles. The summed E-state index contributed by atoms with van der Waals surface area (Å²) in [5, 5.41) is 14.6. The van der Waals surface area contributed by atoms with Gasteiger partial charge in [0.2, 0.25) is 0 Å². The molecule has 0 aliphatic carbocycles. The van der Waals surface area contributed by atoms with Gasteiger partial charge in [0.05, 0.1) is 4.92 Å². The molecule has 18 heavy (non-hydrogen) atoms. The van der Waals surface area contributed by atoms with Crippen molar-refractivity contribution in [1.82, 2.24) is 5.32 Å². The van der Waals surface area contributed by atoms with Crippen molar-refractivity contribution in [2.24, 2.45) is 0 Å². The smallest absolute Gasteiger partial charge is 0.269 e. The van der Waals surface area contributed by atoms with Crippen LogP contribution in [0.15, 0.2) is 24.3 Å². The number of nitrogens with one attached hydrogen (secondary N) is 1. The summed E-state index contributed by atoms with van der Waals surface area (Å²) in [7, 11) is 0. The topological polar surface area (TPSA) is 55.2 Å². The van der Waals surface area contributed by atoms with Crippen molar-refractivity contribution in [2.75, 3.05) is 12.8 Å². The summed E-state index contributed by atoms with van der Waals surface area (Å²) in [5.74, 6) is 0. The largest absolute Gasteiger partial charge is 0.310 e. The van der Waals surface area contributed by atoms with Gasteiger partial charge in [-0.3, -0.25) is 10.1 Å². The highest BCUT2D eigenvalue weighted by molar-refractivity contribution is 7.99. The van der Waals surface area contributed by atoms with Gasteiger partial charge in [-0.2, -0.15) is 11.8 Å². The number of hydrogen-bond donors (Lipinski definition) is 1. The number of rotatable bonds is 7. The zero-order valence-electron chi connectivity index (χ0n) is 11.1. The number of nitro groups is 1. The summed E-state index contributed by atoms with van der Waals surface area (Å²) in [6.07, 6.45) is 3.24. The van der Waals surface area contributed by atoms with Gasteiger partial charge in [0, 0.05) is 23.4 Å². The molecule has 0 aliphatic rings. The number of benzene rings is 1. The standard InChI is InChI=1S/C13H20N2O2S/c1-10(18-3)8-9-14-11(2)12-4-6-13(7-5-12)15(16)17/h4-7,10-11,14H,8-9H2,1-3H3. The Hall–Kier alpha value is -1.07. The number of non-ortho nitro benzene ring substituents is 1. The van der Waals surface area contributed by atoms with Crippen molar-refractivity contribution in [3.8, 4) is 0 Å². The normalized spacial score (nSPS) is 14.2. The van der Waals surface area contributed by atoms with E-state index in [0.29, 0.717) is 5.25 Å². The molecular formula is C13H20N2O2S. The van der Waals surface area contributed by atoms with Crippen molar-refractivity contribution < 1.29 is 4.92 Å². The lowest BCUT2D eigenvalue weighted by atomic mass is 10.1. The molecule has 0 heterocycles. The van der Waals surface area contributed by atoms with E-state index in [1.54, 1.807) is 12.1 Å². The Morgan fingerprint density at radius 2 is 1.94 bits per heavy atom. The SMILES string of the molecule is CSC(C)CCNC(C)c1ccc([N+](=O)[O-])cc1. The minimum absolute atomic E-state index is 0.141. The van der Waals surface area contributed by atoms with Gasteiger partial charge in [-0.05, 0) is 31.7 Å². The Bertz CT molecular complexity index is 381. The maximum Gasteiger partial charge on any atom is 0.269 e. The zero-order chi connectivity index (χ0) is 13.5. The summed E-state index contributed by atoms with van der Waals surface area (Å²) in [6, 6.07) is 6.96. The fourth-order valence-corrected chi connectivity index (χ4v) is 1.98. The zero-order valence-corrected chi connectivity index (χ0v) is 11.9. The van der Waals surface area contributed by atoms with Crippen molar-refractivity contribution in [3.05, 3.63) is 39.9 Å². The van der Waals surface area contributed by atoms with E-state index in [4.69, 9.17) is 0 Å². The lowest BCUT2D eigenvalue weighted by Crippen LogP contribution is -2.21. The molecular weight excluding hydrogens is 248 g/mol. The third kappa shape index (κ3) is 4.66. The van der Waals surface area contributed by atoms with Crippen molar-refractivity contribution in [1.29, 1.82) is 0 Å². The first-order chi connectivity index (χ1) is 8.54. The van der Waals surface area contributed by atoms with Gasteiger partial charge in [-0.25, -0.2) is 0 Å². The molecule has 1 aromatic rings. The minimum Gasteiger partial charge on any atom is -0.310 e. The fraction of sp³-hybridized carbons (Fsp3) is 0.538. The van der Waals surface area contributed by atoms with E-state index in [2.05, 4.69) is 25.4 Å². The van der Waals surface area contributed by atoms with Crippen LogP contribution in [0, 0.1) is 10.1 Å². The molecule has 0 radical (unpaired) electrons. The Balaban J connectivity index is 2.46. The molecule has 1 rings (SSSR count). The number of hydrogen-bond acceptors (Lipinski definition) is 4. The number of thioether (sulfide) groups is 1. The first kappa shape index (κ1) is 15.0. The van der Waals surface area contributed by atoms with E-state index in [0.717, 1.165) is 18.5 Å². The summed E-state index contributed by atoms with van der Waals surface area (Å²) in [4.78, 5) is 10.2. The molecule has 1 N–H and O–H groups in total. The second-order valence-corrected chi connectivity index (χ2v) is 5.64. The van der Waals surface area contributed by atoms with Gasteiger partial charge in [0.1, 0.15) is 0 Å². The molecule has 5 heteroatoms. The van der Waals surface area contributed by atoms with Crippen molar-refractivity contribution in [2.45, 2.75) is 31.6 Å². The van der Waals surface area contributed by atoms with Gasteiger partial charge in [-0.1, -0.05) is 19.1 Å². The quantitative estimate of drug-likeness (QED) is 0.608. The van der Waals surface area contributed by atoms with E-state index in [1.165, 1.54) is 0 Å². The summed E-state index contributed by atoms with van der Waals surface area (Å²) >= 11 is 1.86. The molecule has 0 saturated carbocycles. The highest BCUT2D eigenvalue weighted by Gasteiger charge is 2.08. The monoisotopic (exact) mass is 268 g/mol. The van der Waals surface area contributed by atoms with Crippen LogP contribution in [0.25, 0.3) is 0 Å². The molecule has 0 bridgehead atoms. The molecule has 0 spiro atoms. The summed E-state index contributed by atoms with van der Waals surface area (Å²) < 4.78 is 0. The number of nitro benzene ring substituents is 1. The lowest BCUT2D eigenvalue weighted by molar-refractivity contribution is -0.384. The van der Waals surface area contributed by atoms with E-state index in [-0.39, 0.29) is 16.7 Å². The lowest BCUT2D eigenvalue weighted by Gasteiger charge is -2.15. The molecule has 0 amide bonds. The van der Waals surface area contributed by atoms with Gasteiger partial charge >= 0.3 is 0 Å². The van der Waals surface area contributed by atoms with Crippen LogP contribution in [-0.2, 0) is 0 Å². The Morgan fingerprint density at radius 3 is 2.44 bits per heavy atom. The van der Waals surface area contributed by atoms with E-state index < -0.39 is 0 Å². The fourth-order valence-electron chi connectivity index (χ4n) is 1.62. The highest BCUT2D eigenvalue weighted by Crippen LogP contribution is 2.17. The molecule has 2 atom stereocenters. The van der Waals surface area contributed by atoms with E-state index in [9.17, 15) is 10.1 Å². The predicted molar refractivity (Wildman–Crippen MR) is 77.1 cm³/mol. The first-order valence-corrected chi connectivity index (χ1v) is 7.34. The van der Waals surface area contributed by atoms with Gasteiger partial charge in [-0.15, -0.1) is 0 Å². The molecule has 100 valence electrons. The van der Waals surface area contributed by atoms with E-state index in [1.807, 2.05) is 23.9 Å². The van der Waals surface area contributed by atoms with Crippen LogP contribution in [0.4, 0.5) is 5.69 Å². The molecule has 2 unspecified atom stereocenters. The van der Waals surface area contributed by atoms with Crippen molar-refractivity contribution in [3.63, 3.8) is 0 Å². The van der Waals surface area contributed by atoms with Gasteiger partial charge < -0.3 is 5.32 Å². The first-order valence-electron chi connectivity index (χ1n) is 6.05.